The topological polar surface area (TPSA) is 107 Å². The van der Waals surface area contributed by atoms with Crippen LogP contribution in [0.15, 0.2) is 18.2 Å². The van der Waals surface area contributed by atoms with E-state index in [0.717, 1.165) is 0 Å². The summed E-state index contributed by atoms with van der Waals surface area (Å²) in [6, 6.07) is 4.00. The van der Waals surface area contributed by atoms with Crippen molar-refractivity contribution in [2.45, 2.75) is 25.6 Å². The van der Waals surface area contributed by atoms with E-state index in [-0.39, 0.29) is 30.2 Å². The van der Waals surface area contributed by atoms with Crippen LogP contribution in [0.4, 0.5) is 0 Å². The highest BCUT2D eigenvalue weighted by Crippen LogP contribution is 2.28. The second kappa shape index (κ2) is 6.86. The molecule has 0 bridgehead atoms. The Morgan fingerprint density at radius 3 is 2.68 bits per heavy atom. The van der Waals surface area contributed by atoms with Gasteiger partial charge in [-0.1, -0.05) is 0 Å². The molecule has 1 aromatic rings. The Morgan fingerprint density at radius 2 is 2.11 bits per heavy atom. The molecule has 0 aromatic heterocycles. The first-order valence-electron chi connectivity index (χ1n) is 5.84. The first kappa shape index (κ1) is 15.1. The molecule has 6 nitrogen and oxygen atoms in total. The number of benzene rings is 1. The first-order valence-corrected chi connectivity index (χ1v) is 5.84. The van der Waals surface area contributed by atoms with Crippen LogP contribution < -0.4 is 5.32 Å². The molecule has 1 aromatic carbocycles. The zero-order chi connectivity index (χ0) is 14.4. The molecule has 1 rings (SSSR count). The third-order valence-electron chi connectivity index (χ3n) is 2.68. The fourth-order valence-corrected chi connectivity index (χ4v) is 1.64. The Kier molecular flexibility index (Phi) is 5.47. The van der Waals surface area contributed by atoms with Crippen molar-refractivity contribution in [3.63, 3.8) is 0 Å². The molecule has 4 N–H and O–H groups in total. The second-order valence-corrected chi connectivity index (χ2v) is 4.22. The molecule has 0 heterocycles. The number of phenols is 1. The van der Waals surface area contributed by atoms with E-state index in [1.807, 2.05) is 0 Å². The van der Waals surface area contributed by atoms with Crippen LogP contribution >= 0.6 is 0 Å². The molecule has 0 saturated heterocycles. The fraction of sp³-hybridized carbons (Fsp3) is 0.385. The minimum Gasteiger partial charge on any atom is -0.508 e. The van der Waals surface area contributed by atoms with Crippen LogP contribution in [0.1, 0.15) is 35.4 Å². The van der Waals surface area contributed by atoms with Crippen LogP contribution in [0, 0.1) is 0 Å². The number of aldehydes is 1. The van der Waals surface area contributed by atoms with Gasteiger partial charge in [-0.2, -0.15) is 0 Å². The second-order valence-electron chi connectivity index (χ2n) is 4.22. The lowest BCUT2D eigenvalue weighted by Gasteiger charge is -2.19. The summed E-state index contributed by atoms with van der Waals surface area (Å²) in [5, 5.41) is 31.8. The van der Waals surface area contributed by atoms with Crippen LogP contribution in [0.25, 0.3) is 0 Å². The summed E-state index contributed by atoms with van der Waals surface area (Å²) in [5.74, 6) is -0.427. The summed E-state index contributed by atoms with van der Waals surface area (Å²) >= 11 is 0. The third kappa shape index (κ3) is 4.35. The standard InChI is InChI=1S/C13H17NO5/c1-8(16)14-5-4-12(18)13(19)10-6-9(7-15)2-3-11(10)17/h2-3,6-7,12-13,17-19H,4-5H2,1H3,(H,14,16). The molecule has 2 atom stereocenters. The molecule has 0 radical (unpaired) electrons. The molecular formula is C13H17NO5. The number of hydrogen-bond donors (Lipinski definition) is 4. The maximum Gasteiger partial charge on any atom is 0.216 e. The zero-order valence-electron chi connectivity index (χ0n) is 10.5. The van der Waals surface area contributed by atoms with Crippen molar-refractivity contribution in [3.05, 3.63) is 29.3 Å². The monoisotopic (exact) mass is 267 g/mol. The van der Waals surface area contributed by atoms with E-state index < -0.39 is 12.2 Å². The molecule has 0 aliphatic heterocycles. The quantitative estimate of drug-likeness (QED) is 0.548. The van der Waals surface area contributed by atoms with Crippen molar-refractivity contribution >= 4 is 12.2 Å². The summed E-state index contributed by atoms with van der Waals surface area (Å²) < 4.78 is 0. The van der Waals surface area contributed by atoms with E-state index in [1.54, 1.807) is 0 Å². The highest BCUT2D eigenvalue weighted by atomic mass is 16.3. The van der Waals surface area contributed by atoms with Crippen LogP contribution in [-0.4, -0.2) is 40.2 Å². The van der Waals surface area contributed by atoms with Crippen LogP contribution in [0.3, 0.4) is 0 Å². The Bertz CT molecular complexity index is 460. The van der Waals surface area contributed by atoms with E-state index in [2.05, 4.69) is 5.32 Å². The van der Waals surface area contributed by atoms with E-state index >= 15 is 0 Å². The molecule has 104 valence electrons. The molecule has 0 aliphatic carbocycles. The number of aliphatic hydroxyl groups is 2. The van der Waals surface area contributed by atoms with Crippen molar-refractivity contribution < 1.29 is 24.9 Å². The van der Waals surface area contributed by atoms with E-state index in [4.69, 9.17) is 0 Å². The molecule has 0 spiro atoms. The van der Waals surface area contributed by atoms with Crippen molar-refractivity contribution in [2.24, 2.45) is 0 Å². The normalized spacial score (nSPS) is 13.6. The Labute approximate surface area is 110 Å². The van der Waals surface area contributed by atoms with Gasteiger partial charge in [-0.25, -0.2) is 0 Å². The highest BCUT2D eigenvalue weighted by molar-refractivity contribution is 5.75. The molecule has 0 saturated carbocycles. The number of phenolic OH excluding ortho intramolecular Hbond substituents is 1. The van der Waals surface area contributed by atoms with E-state index in [9.17, 15) is 24.9 Å². The minimum atomic E-state index is -1.33. The SMILES string of the molecule is CC(=O)NCCC(O)C(O)c1cc(C=O)ccc1O. The maximum absolute atomic E-state index is 10.7. The molecular weight excluding hydrogens is 250 g/mol. The smallest absolute Gasteiger partial charge is 0.216 e. The fourth-order valence-electron chi connectivity index (χ4n) is 1.64. The Balaban J connectivity index is 2.72. The van der Waals surface area contributed by atoms with Crippen molar-refractivity contribution in [3.8, 4) is 5.75 Å². The van der Waals surface area contributed by atoms with Gasteiger partial charge in [-0.05, 0) is 24.6 Å². The van der Waals surface area contributed by atoms with Gasteiger partial charge in [0, 0.05) is 24.6 Å². The van der Waals surface area contributed by atoms with Gasteiger partial charge in [0.2, 0.25) is 5.91 Å². The van der Waals surface area contributed by atoms with Gasteiger partial charge < -0.3 is 20.6 Å². The number of aliphatic hydroxyl groups excluding tert-OH is 2. The van der Waals surface area contributed by atoms with Crippen LogP contribution in [0.2, 0.25) is 0 Å². The lowest BCUT2D eigenvalue weighted by molar-refractivity contribution is -0.119. The van der Waals surface area contributed by atoms with Gasteiger partial charge in [0.25, 0.3) is 0 Å². The first-order chi connectivity index (χ1) is 8.95. The van der Waals surface area contributed by atoms with Gasteiger partial charge >= 0.3 is 0 Å². The molecule has 0 fully saturated rings. The van der Waals surface area contributed by atoms with Crippen LogP contribution in [-0.2, 0) is 4.79 Å². The van der Waals surface area contributed by atoms with Crippen molar-refractivity contribution in [2.75, 3.05) is 6.54 Å². The minimum absolute atomic E-state index is 0.0833. The maximum atomic E-state index is 10.7. The highest BCUT2D eigenvalue weighted by Gasteiger charge is 2.21. The Morgan fingerprint density at radius 1 is 1.42 bits per heavy atom. The van der Waals surface area contributed by atoms with Crippen molar-refractivity contribution in [1.29, 1.82) is 0 Å². The number of carbonyl (C=O) groups is 2. The van der Waals surface area contributed by atoms with Gasteiger partial charge in [-0.15, -0.1) is 0 Å². The summed E-state index contributed by atoms with van der Waals surface area (Å²) in [6.45, 7) is 1.56. The van der Waals surface area contributed by atoms with Gasteiger partial charge in [-0.3, -0.25) is 9.59 Å². The molecule has 19 heavy (non-hydrogen) atoms. The number of hydrogen-bond acceptors (Lipinski definition) is 5. The molecule has 1 amide bonds. The van der Waals surface area contributed by atoms with E-state index in [0.29, 0.717) is 11.8 Å². The van der Waals surface area contributed by atoms with Gasteiger partial charge in [0.1, 0.15) is 18.1 Å². The number of carbonyl (C=O) groups excluding carboxylic acids is 2. The summed E-state index contributed by atoms with van der Waals surface area (Å²) in [4.78, 5) is 21.3. The van der Waals surface area contributed by atoms with Gasteiger partial charge in [0.05, 0.1) is 6.10 Å². The average Bonchev–Trinajstić information content (AvgIpc) is 2.38. The predicted molar refractivity (Wildman–Crippen MR) is 67.8 cm³/mol. The third-order valence-corrected chi connectivity index (χ3v) is 2.68. The number of aromatic hydroxyl groups is 1. The molecule has 6 heteroatoms. The zero-order valence-corrected chi connectivity index (χ0v) is 10.5. The van der Waals surface area contributed by atoms with Gasteiger partial charge in [0.15, 0.2) is 0 Å². The van der Waals surface area contributed by atoms with E-state index in [1.165, 1.54) is 25.1 Å². The van der Waals surface area contributed by atoms with Crippen LogP contribution in [0.5, 0.6) is 5.75 Å². The Hall–Kier alpha value is -1.92. The van der Waals surface area contributed by atoms with Crippen molar-refractivity contribution in [1.82, 2.24) is 5.32 Å². The predicted octanol–water partition coefficient (Wildman–Crippen LogP) is 0.125. The number of rotatable bonds is 6. The molecule has 2 unspecified atom stereocenters. The summed E-state index contributed by atoms with van der Waals surface area (Å²) in [7, 11) is 0. The lowest BCUT2D eigenvalue weighted by atomic mass is 9.99. The lowest BCUT2D eigenvalue weighted by Crippen LogP contribution is -2.27. The summed E-state index contributed by atoms with van der Waals surface area (Å²) in [6.07, 6.45) is -1.77. The largest absolute Gasteiger partial charge is 0.508 e. The molecule has 0 aliphatic rings. The summed E-state index contributed by atoms with van der Waals surface area (Å²) in [5.41, 5.74) is 0.376. The number of amides is 1. The average molecular weight is 267 g/mol. The number of nitrogens with one attached hydrogen (secondary N) is 1.